The van der Waals surface area contributed by atoms with Crippen LogP contribution in [0.1, 0.15) is 0 Å². The number of hydrogen-bond donors (Lipinski definition) is 1. The lowest BCUT2D eigenvalue weighted by Gasteiger charge is -2.01. The van der Waals surface area contributed by atoms with Gasteiger partial charge in [-0.05, 0) is 15.9 Å². The fourth-order valence-electron chi connectivity index (χ4n) is 2.25. The van der Waals surface area contributed by atoms with Crippen LogP contribution >= 0.6 is 38.6 Å². The number of hydrogen-bond acceptors (Lipinski definition) is 6. The third kappa shape index (κ3) is 2.04. The summed E-state index contributed by atoms with van der Waals surface area (Å²) in [5.74, 6) is 1.09. The topological polar surface area (TPSA) is 76.5 Å². The van der Waals surface area contributed by atoms with Gasteiger partial charge in [0.1, 0.15) is 4.83 Å². The van der Waals surface area contributed by atoms with E-state index in [1.807, 2.05) is 23.2 Å². The molecular formula is C13H8BrN5OS2. The van der Waals surface area contributed by atoms with Crippen LogP contribution in [0.2, 0.25) is 0 Å². The van der Waals surface area contributed by atoms with Gasteiger partial charge >= 0.3 is 0 Å². The Morgan fingerprint density at radius 2 is 2.23 bits per heavy atom. The first kappa shape index (κ1) is 13.8. The first-order chi connectivity index (χ1) is 10.6. The zero-order chi connectivity index (χ0) is 15.3. The van der Waals surface area contributed by atoms with Crippen LogP contribution in [0, 0.1) is 0 Å². The van der Waals surface area contributed by atoms with Crippen molar-refractivity contribution in [1.82, 2.24) is 24.5 Å². The Kier molecular flexibility index (Phi) is 3.21. The summed E-state index contributed by atoms with van der Waals surface area (Å²) in [4.78, 5) is 29.1. The number of nitrogens with one attached hydrogen (secondary N) is 1. The fourth-order valence-corrected chi connectivity index (χ4v) is 4.56. The van der Waals surface area contributed by atoms with Gasteiger partial charge in [0.25, 0.3) is 5.56 Å². The maximum Gasteiger partial charge on any atom is 0.260 e. The van der Waals surface area contributed by atoms with Crippen LogP contribution in [-0.4, -0.2) is 24.5 Å². The fraction of sp³-hybridized carbons (Fsp3) is 0.0769. The molecular weight excluding hydrogens is 386 g/mol. The van der Waals surface area contributed by atoms with Crippen molar-refractivity contribution in [1.29, 1.82) is 0 Å². The van der Waals surface area contributed by atoms with Crippen molar-refractivity contribution in [3.05, 3.63) is 37.4 Å². The molecule has 9 heteroatoms. The van der Waals surface area contributed by atoms with E-state index in [9.17, 15) is 4.79 Å². The molecule has 0 radical (unpaired) electrons. The Morgan fingerprint density at radius 3 is 2.91 bits per heavy atom. The van der Waals surface area contributed by atoms with E-state index >= 15 is 0 Å². The molecule has 0 spiro atoms. The molecule has 0 amide bonds. The SMILES string of the molecule is Cn1ccnc1-c1nc2sc(Br)c(-c3cscn3)c2c(=O)[nH]1. The number of imidazole rings is 1. The molecule has 4 rings (SSSR count). The Labute approximate surface area is 140 Å². The highest BCUT2D eigenvalue weighted by Crippen LogP contribution is 2.39. The molecule has 6 nitrogen and oxygen atoms in total. The van der Waals surface area contributed by atoms with Crippen LogP contribution in [-0.2, 0) is 7.05 Å². The molecule has 0 bridgehead atoms. The van der Waals surface area contributed by atoms with E-state index in [-0.39, 0.29) is 5.56 Å². The zero-order valence-corrected chi connectivity index (χ0v) is 14.4. The number of fused-ring (bicyclic) bond motifs is 1. The number of aryl methyl sites for hydroxylation is 1. The summed E-state index contributed by atoms with van der Waals surface area (Å²) >= 11 is 6.43. The number of aromatic amines is 1. The minimum absolute atomic E-state index is 0.187. The number of aromatic nitrogens is 5. The maximum absolute atomic E-state index is 12.6. The second-order valence-electron chi connectivity index (χ2n) is 4.58. The lowest BCUT2D eigenvalue weighted by molar-refractivity contribution is 0.907. The summed E-state index contributed by atoms with van der Waals surface area (Å²) in [6.07, 6.45) is 3.48. The van der Waals surface area contributed by atoms with E-state index in [1.165, 1.54) is 22.7 Å². The summed E-state index contributed by atoms with van der Waals surface area (Å²) in [6, 6.07) is 0. The second-order valence-corrected chi connectivity index (χ2v) is 7.62. The molecule has 0 fully saturated rings. The van der Waals surface area contributed by atoms with Crippen molar-refractivity contribution in [3.63, 3.8) is 0 Å². The van der Waals surface area contributed by atoms with Gasteiger partial charge in [-0.25, -0.2) is 15.0 Å². The average molecular weight is 394 g/mol. The Morgan fingerprint density at radius 1 is 1.36 bits per heavy atom. The van der Waals surface area contributed by atoms with E-state index in [0.29, 0.717) is 21.9 Å². The van der Waals surface area contributed by atoms with Crippen LogP contribution in [0.4, 0.5) is 0 Å². The molecule has 0 aliphatic heterocycles. The number of thiazole rings is 1. The Bertz CT molecular complexity index is 1030. The molecule has 4 aromatic heterocycles. The normalized spacial score (nSPS) is 11.4. The van der Waals surface area contributed by atoms with Crippen LogP contribution in [0.25, 0.3) is 33.1 Å². The van der Waals surface area contributed by atoms with Gasteiger partial charge in [-0.3, -0.25) is 4.79 Å². The second kappa shape index (κ2) is 5.11. The smallest absolute Gasteiger partial charge is 0.260 e. The van der Waals surface area contributed by atoms with Crippen molar-refractivity contribution in [2.24, 2.45) is 7.05 Å². The molecule has 0 unspecified atom stereocenters. The van der Waals surface area contributed by atoms with Crippen LogP contribution in [0.5, 0.6) is 0 Å². The van der Waals surface area contributed by atoms with Crippen molar-refractivity contribution >= 4 is 48.8 Å². The van der Waals surface area contributed by atoms with Gasteiger partial charge in [0.2, 0.25) is 0 Å². The summed E-state index contributed by atoms with van der Waals surface area (Å²) in [6.45, 7) is 0. The highest BCUT2D eigenvalue weighted by Gasteiger charge is 2.19. The first-order valence-corrected chi connectivity index (χ1v) is 8.79. The van der Waals surface area contributed by atoms with E-state index in [2.05, 4.69) is 35.9 Å². The van der Waals surface area contributed by atoms with E-state index in [1.54, 1.807) is 11.7 Å². The zero-order valence-electron chi connectivity index (χ0n) is 11.2. The summed E-state index contributed by atoms with van der Waals surface area (Å²) < 4.78 is 2.66. The van der Waals surface area contributed by atoms with E-state index in [0.717, 1.165) is 15.0 Å². The van der Waals surface area contributed by atoms with Crippen LogP contribution in [0.15, 0.2) is 31.9 Å². The summed E-state index contributed by atoms with van der Waals surface area (Å²) in [7, 11) is 1.86. The Balaban J connectivity index is 2.03. The van der Waals surface area contributed by atoms with Crippen molar-refractivity contribution < 1.29 is 0 Å². The molecule has 110 valence electrons. The standard InChI is InChI=1S/C13H8BrN5OS2/c1-19-3-2-15-11(19)10-17-12(20)8-7(6-4-21-5-16-6)9(14)22-13(8)18-10/h2-5H,1H3,(H,17,18,20). The molecule has 4 heterocycles. The summed E-state index contributed by atoms with van der Waals surface area (Å²) in [5, 5.41) is 2.47. The van der Waals surface area contributed by atoms with Crippen molar-refractivity contribution in [3.8, 4) is 22.9 Å². The number of thiophene rings is 1. The van der Waals surface area contributed by atoms with Gasteiger partial charge in [0.15, 0.2) is 11.6 Å². The van der Waals surface area contributed by atoms with E-state index < -0.39 is 0 Å². The quantitative estimate of drug-likeness (QED) is 0.566. The number of H-pyrrole nitrogens is 1. The number of nitrogens with zero attached hydrogens (tertiary/aromatic N) is 4. The molecule has 0 atom stereocenters. The minimum Gasteiger partial charge on any atom is -0.331 e. The molecule has 4 aromatic rings. The molecule has 0 aromatic carbocycles. The predicted octanol–water partition coefficient (Wildman–Crippen LogP) is 3.27. The first-order valence-electron chi connectivity index (χ1n) is 6.23. The molecule has 0 aliphatic carbocycles. The summed E-state index contributed by atoms with van der Waals surface area (Å²) in [5.41, 5.74) is 3.13. The van der Waals surface area contributed by atoms with Gasteiger partial charge in [-0.1, -0.05) is 0 Å². The highest BCUT2D eigenvalue weighted by molar-refractivity contribution is 9.11. The molecule has 0 saturated carbocycles. The third-order valence-corrected chi connectivity index (χ3v) is 5.58. The molecule has 22 heavy (non-hydrogen) atoms. The predicted molar refractivity (Wildman–Crippen MR) is 91.3 cm³/mol. The third-order valence-electron chi connectivity index (χ3n) is 3.24. The van der Waals surface area contributed by atoms with Crippen molar-refractivity contribution in [2.75, 3.05) is 0 Å². The van der Waals surface area contributed by atoms with Crippen molar-refractivity contribution in [2.45, 2.75) is 0 Å². The largest absolute Gasteiger partial charge is 0.331 e. The van der Waals surface area contributed by atoms with Gasteiger partial charge in [-0.15, -0.1) is 22.7 Å². The van der Waals surface area contributed by atoms with Crippen LogP contribution in [0.3, 0.4) is 0 Å². The molecule has 0 aliphatic rings. The monoisotopic (exact) mass is 393 g/mol. The number of halogens is 1. The average Bonchev–Trinajstić information content (AvgIpc) is 3.17. The van der Waals surface area contributed by atoms with Gasteiger partial charge in [0, 0.05) is 30.4 Å². The van der Waals surface area contributed by atoms with Gasteiger partial charge < -0.3 is 9.55 Å². The molecule has 1 N–H and O–H groups in total. The lowest BCUT2D eigenvalue weighted by Crippen LogP contribution is -2.10. The number of rotatable bonds is 2. The van der Waals surface area contributed by atoms with Crippen LogP contribution < -0.4 is 5.56 Å². The molecule has 0 saturated heterocycles. The maximum atomic E-state index is 12.6. The van der Waals surface area contributed by atoms with Gasteiger partial charge in [-0.2, -0.15) is 0 Å². The Hall–Kier alpha value is -1.84. The lowest BCUT2D eigenvalue weighted by atomic mass is 10.2. The van der Waals surface area contributed by atoms with E-state index in [4.69, 9.17) is 0 Å². The highest BCUT2D eigenvalue weighted by atomic mass is 79.9. The minimum atomic E-state index is -0.187. The van der Waals surface area contributed by atoms with Gasteiger partial charge in [0.05, 0.1) is 20.4 Å².